The van der Waals surface area contributed by atoms with Crippen molar-refractivity contribution >= 4 is 23.6 Å². The van der Waals surface area contributed by atoms with E-state index in [4.69, 9.17) is 9.84 Å². The van der Waals surface area contributed by atoms with Crippen molar-refractivity contribution in [3.63, 3.8) is 0 Å². The summed E-state index contributed by atoms with van der Waals surface area (Å²) in [6.07, 6.45) is -1.67. The molecule has 10 heteroatoms. The molecule has 2 aliphatic rings. The van der Waals surface area contributed by atoms with E-state index in [1.54, 1.807) is 29.2 Å². The van der Waals surface area contributed by atoms with Gasteiger partial charge in [0.25, 0.3) is 11.8 Å². The first-order valence-corrected chi connectivity index (χ1v) is 8.33. The molecule has 27 heavy (non-hydrogen) atoms. The van der Waals surface area contributed by atoms with Gasteiger partial charge in [-0.15, -0.1) is 0 Å². The molecule has 2 heterocycles. The maximum atomic E-state index is 12.5. The van der Waals surface area contributed by atoms with E-state index in [2.05, 4.69) is 5.10 Å². The molecule has 1 fully saturated rings. The second-order valence-electron chi connectivity index (χ2n) is 6.43. The number of nitrogens with zero attached hydrogens (tertiary/aromatic N) is 4. The minimum Gasteiger partial charge on any atom is -0.463 e. The molecule has 0 radical (unpaired) electrons. The Labute approximate surface area is 155 Å². The fraction of sp³-hybridized carbons (Fsp3) is 0.412. The number of hydrogen-bond donors (Lipinski definition) is 2. The Morgan fingerprint density at radius 3 is 2.37 bits per heavy atom. The van der Waals surface area contributed by atoms with E-state index >= 15 is 0 Å². The Bertz CT molecular complexity index is 802. The highest BCUT2D eigenvalue weighted by atomic mass is 16.6. The molecule has 0 spiro atoms. The molecule has 144 valence electrons. The van der Waals surface area contributed by atoms with Crippen LogP contribution in [0.3, 0.4) is 0 Å². The molecule has 1 aromatic rings. The smallest absolute Gasteiger partial charge is 0.432 e. The Hall–Kier alpha value is -2.98. The van der Waals surface area contributed by atoms with Crippen LogP contribution in [0.5, 0.6) is 0 Å². The number of hydrazone groups is 1. The molecule has 3 rings (SSSR count). The maximum Gasteiger partial charge on any atom is 0.432 e. The fourth-order valence-electron chi connectivity index (χ4n) is 3.15. The van der Waals surface area contributed by atoms with Gasteiger partial charge in [0, 0.05) is 31.3 Å². The topological polar surface area (TPSA) is 123 Å². The normalized spacial score (nSPS) is 22.6. The summed E-state index contributed by atoms with van der Waals surface area (Å²) in [5, 5.41) is 24.1. The number of hydroxylamine groups is 2. The van der Waals surface area contributed by atoms with E-state index < -0.39 is 17.5 Å². The number of carbonyl (C=O) groups is 3. The van der Waals surface area contributed by atoms with Crippen molar-refractivity contribution in [3.8, 4) is 0 Å². The molecule has 1 saturated heterocycles. The van der Waals surface area contributed by atoms with Crippen molar-refractivity contribution in [1.29, 1.82) is 0 Å². The fourth-order valence-corrected chi connectivity index (χ4v) is 3.15. The number of ether oxygens (including phenoxy) is 1. The third kappa shape index (κ3) is 3.13. The van der Waals surface area contributed by atoms with E-state index in [1.807, 2.05) is 0 Å². The lowest BCUT2D eigenvalue weighted by molar-refractivity contribution is -0.155. The van der Waals surface area contributed by atoms with E-state index in [-0.39, 0.29) is 16.7 Å². The van der Waals surface area contributed by atoms with Crippen molar-refractivity contribution in [1.82, 2.24) is 15.0 Å². The Balaban J connectivity index is 1.89. The third-order valence-corrected chi connectivity index (χ3v) is 4.73. The molecule has 3 amide bonds. The van der Waals surface area contributed by atoms with Gasteiger partial charge in [0.2, 0.25) is 0 Å². The molecule has 0 saturated carbocycles. The van der Waals surface area contributed by atoms with Gasteiger partial charge >= 0.3 is 6.09 Å². The highest BCUT2D eigenvalue weighted by Gasteiger charge is 2.53. The van der Waals surface area contributed by atoms with Gasteiger partial charge in [0.15, 0.2) is 5.54 Å². The Morgan fingerprint density at radius 1 is 1.22 bits per heavy atom. The van der Waals surface area contributed by atoms with Crippen molar-refractivity contribution in [3.05, 3.63) is 35.4 Å². The number of carbonyl (C=O) groups excluding carboxylic acids is 2. The molecule has 10 nitrogen and oxygen atoms in total. The zero-order chi connectivity index (χ0) is 19.8. The quantitative estimate of drug-likeness (QED) is 0.584. The number of benzene rings is 1. The van der Waals surface area contributed by atoms with Gasteiger partial charge in [0.05, 0.1) is 13.2 Å². The van der Waals surface area contributed by atoms with Crippen LogP contribution in [0, 0.1) is 0 Å². The predicted octanol–water partition coefficient (Wildman–Crippen LogP) is 0.463. The summed E-state index contributed by atoms with van der Waals surface area (Å²) in [7, 11) is 1.37. The second kappa shape index (κ2) is 6.97. The van der Waals surface area contributed by atoms with E-state index in [1.165, 1.54) is 14.0 Å². The van der Waals surface area contributed by atoms with Crippen LogP contribution >= 0.6 is 0 Å². The number of hydrogen-bond acceptors (Lipinski definition) is 6. The van der Waals surface area contributed by atoms with Crippen molar-refractivity contribution in [2.24, 2.45) is 5.10 Å². The highest BCUT2D eigenvalue weighted by molar-refractivity contribution is 6.24. The molecule has 0 aliphatic carbocycles. The summed E-state index contributed by atoms with van der Waals surface area (Å²) in [6.45, 7) is 3.30. The number of morpholine rings is 1. The molecular formula is C17H20N4O6. The summed E-state index contributed by atoms with van der Waals surface area (Å²) in [5.41, 5.74) is -0.921. The highest BCUT2D eigenvalue weighted by Crippen LogP contribution is 2.29. The molecule has 1 aromatic carbocycles. The summed E-state index contributed by atoms with van der Waals surface area (Å²) in [4.78, 5) is 37.8. The summed E-state index contributed by atoms with van der Waals surface area (Å²) in [5.74, 6) is -0.820. The summed E-state index contributed by atoms with van der Waals surface area (Å²) in [6, 6.07) is 6.32. The van der Waals surface area contributed by atoms with Gasteiger partial charge in [-0.3, -0.25) is 14.8 Å². The maximum absolute atomic E-state index is 12.5. The molecule has 0 aromatic heterocycles. The van der Waals surface area contributed by atoms with E-state index in [0.717, 1.165) is 5.01 Å². The monoisotopic (exact) mass is 376 g/mol. The van der Waals surface area contributed by atoms with Gasteiger partial charge < -0.3 is 14.7 Å². The van der Waals surface area contributed by atoms with Crippen LogP contribution in [0.4, 0.5) is 4.79 Å². The predicted molar refractivity (Wildman–Crippen MR) is 92.5 cm³/mol. The number of rotatable bonds is 3. The van der Waals surface area contributed by atoms with Gasteiger partial charge in [-0.2, -0.15) is 10.2 Å². The zero-order valence-corrected chi connectivity index (χ0v) is 15.0. The number of likely N-dealkylation sites (N-methyl/N-ethyl adjacent to an activating group) is 1. The van der Waals surface area contributed by atoms with Gasteiger partial charge in [-0.1, -0.05) is 12.1 Å². The third-order valence-electron chi connectivity index (χ3n) is 4.73. The molecular weight excluding hydrogens is 356 g/mol. The summed E-state index contributed by atoms with van der Waals surface area (Å²) < 4.78 is 5.23. The molecule has 2 aliphatic heterocycles. The van der Waals surface area contributed by atoms with Crippen LogP contribution in [0.15, 0.2) is 29.4 Å². The minimum atomic E-state index is -1.88. The van der Waals surface area contributed by atoms with Crippen LogP contribution in [-0.2, 0) is 9.53 Å². The van der Waals surface area contributed by atoms with Crippen LogP contribution in [0.25, 0.3) is 0 Å². The average Bonchev–Trinajstić information content (AvgIpc) is 2.92. The lowest BCUT2D eigenvalue weighted by Crippen LogP contribution is -2.58. The van der Waals surface area contributed by atoms with Crippen LogP contribution in [0.1, 0.15) is 22.8 Å². The van der Waals surface area contributed by atoms with E-state index in [9.17, 15) is 19.6 Å². The lowest BCUT2D eigenvalue weighted by atomic mass is 9.89. The molecule has 2 N–H and O–H groups in total. The van der Waals surface area contributed by atoms with Crippen LogP contribution < -0.4 is 0 Å². The average molecular weight is 376 g/mol. The lowest BCUT2D eigenvalue weighted by Gasteiger charge is -2.30. The second-order valence-corrected chi connectivity index (χ2v) is 6.43. The van der Waals surface area contributed by atoms with Gasteiger partial charge in [0.1, 0.15) is 5.71 Å². The SMILES string of the molecule is CN1N=C(c2ccc(C(=O)N3CCOCC3)cc2)C(C)(N(O)C(=O)O)C1=O. The van der Waals surface area contributed by atoms with Crippen LogP contribution in [0.2, 0.25) is 0 Å². The standard InChI is InChI=1S/C17H20N4O6/c1-17(21(26)16(24)25)13(18-19(2)15(17)23)11-3-5-12(6-4-11)14(22)20-7-9-27-10-8-20/h3-6,26H,7-10H2,1-2H3,(H,24,25). The Morgan fingerprint density at radius 2 is 1.81 bits per heavy atom. The zero-order valence-electron chi connectivity index (χ0n) is 15.0. The molecule has 0 bridgehead atoms. The first-order chi connectivity index (χ1) is 12.8. The van der Waals surface area contributed by atoms with Crippen molar-refractivity contribution < 1.29 is 29.4 Å². The minimum absolute atomic E-state index is 0.0511. The first kappa shape index (κ1) is 18.8. The summed E-state index contributed by atoms with van der Waals surface area (Å²) >= 11 is 0. The largest absolute Gasteiger partial charge is 0.463 e. The van der Waals surface area contributed by atoms with Crippen molar-refractivity contribution in [2.45, 2.75) is 12.5 Å². The molecule has 1 atom stereocenters. The van der Waals surface area contributed by atoms with Gasteiger partial charge in [-0.25, -0.2) is 9.80 Å². The van der Waals surface area contributed by atoms with Gasteiger partial charge in [-0.05, 0) is 19.1 Å². The number of carboxylic acid groups (broad SMARTS) is 1. The van der Waals surface area contributed by atoms with Crippen molar-refractivity contribution in [2.75, 3.05) is 33.4 Å². The number of amides is 3. The first-order valence-electron chi connectivity index (χ1n) is 8.33. The van der Waals surface area contributed by atoms with E-state index in [0.29, 0.717) is 37.4 Å². The van der Waals surface area contributed by atoms with Crippen LogP contribution in [-0.4, -0.2) is 87.8 Å². The molecule has 1 unspecified atom stereocenters. The Kier molecular flexibility index (Phi) is 4.85.